The molecule has 0 bridgehead atoms. The molecule has 0 aliphatic heterocycles. The molecule has 0 spiro atoms. The van der Waals surface area contributed by atoms with Gasteiger partial charge in [-0.1, -0.05) is 83.8 Å². The number of thiazole rings is 1. The zero-order valence-electron chi connectivity index (χ0n) is 14.5. The van der Waals surface area contributed by atoms with Gasteiger partial charge in [-0.05, 0) is 0 Å². The number of anilines is 1. The Balaban J connectivity index is 1.93. The predicted octanol–water partition coefficient (Wildman–Crippen LogP) is 4.26. The standard InChI is InChI=1S/C20H16N2O3S2/c1-13(23)26-12-16(24)21-20-22-17(14-8-4-2-5-9-14)19(27-20)18(25)15-10-6-3-7-11-15/h2-11H,12H2,1H3,(H,21,22,24). The van der Waals surface area contributed by atoms with Crippen LogP contribution in [0.4, 0.5) is 5.13 Å². The van der Waals surface area contributed by atoms with E-state index in [4.69, 9.17) is 0 Å². The quantitative estimate of drug-likeness (QED) is 0.630. The van der Waals surface area contributed by atoms with Crippen molar-refractivity contribution in [3.8, 4) is 11.3 Å². The minimum Gasteiger partial charge on any atom is -0.301 e. The highest BCUT2D eigenvalue weighted by atomic mass is 32.2. The first-order valence-electron chi connectivity index (χ1n) is 8.14. The maximum absolute atomic E-state index is 13.0. The fraction of sp³-hybridized carbons (Fsp3) is 0.100. The third kappa shape index (κ3) is 4.90. The zero-order valence-corrected chi connectivity index (χ0v) is 16.1. The lowest BCUT2D eigenvalue weighted by molar-refractivity contribution is -0.114. The predicted molar refractivity (Wildman–Crippen MR) is 109 cm³/mol. The molecule has 1 N–H and O–H groups in total. The van der Waals surface area contributed by atoms with Gasteiger partial charge < -0.3 is 5.32 Å². The third-order valence-electron chi connectivity index (χ3n) is 3.57. The van der Waals surface area contributed by atoms with Crippen LogP contribution in [0.3, 0.4) is 0 Å². The normalized spacial score (nSPS) is 10.4. The second-order valence-corrected chi connectivity index (χ2v) is 7.74. The van der Waals surface area contributed by atoms with E-state index in [0.717, 1.165) is 28.7 Å². The van der Waals surface area contributed by atoms with Crippen LogP contribution in [0.2, 0.25) is 0 Å². The van der Waals surface area contributed by atoms with E-state index in [-0.39, 0.29) is 22.6 Å². The Hall–Kier alpha value is -2.77. The Morgan fingerprint density at radius 1 is 1.00 bits per heavy atom. The molecule has 136 valence electrons. The van der Waals surface area contributed by atoms with E-state index < -0.39 is 0 Å². The number of nitrogens with one attached hydrogen (secondary N) is 1. The number of carbonyl (C=O) groups excluding carboxylic acids is 3. The second kappa shape index (κ2) is 8.75. The van der Waals surface area contributed by atoms with Gasteiger partial charge in [0.1, 0.15) is 4.88 Å². The molecule has 0 saturated heterocycles. The summed E-state index contributed by atoms with van der Waals surface area (Å²) in [5.74, 6) is -0.467. The molecule has 7 heteroatoms. The zero-order chi connectivity index (χ0) is 19.2. The molecule has 0 atom stereocenters. The van der Waals surface area contributed by atoms with Crippen LogP contribution >= 0.6 is 23.1 Å². The number of benzene rings is 2. The molecular formula is C20H16N2O3S2. The van der Waals surface area contributed by atoms with Gasteiger partial charge in [0.2, 0.25) is 11.7 Å². The van der Waals surface area contributed by atoms with Crippen LogP contribution in [0, 0.1) is 0 Å². The fourth-order valence-electron chi connectivity index (χ4n) is 2.36. The van der Waals surface area contributed by atoms with Crippen LogP contribution in [-0.2, 0) is 9.59 Å². The van der Waals surface area contributed by atoms with Crippen molar-refractivity contribution in [3.05, 3.63) is 71.1 Å². The highest BCUT2D eigenvalue weighted by molar-refractivity contribution is 8.14. The summed E-state index contributed by atoms with van der Waals surface area (Å²) >= 11 is 2.06. The Morgan fingerprint density at radius 3 is 2.26 bits per heavy atom. The highest BCUT2D eigenvalue weighted by Gasteiger charge is 2.21. The first-order valence-corrected chi connectivity index (χ1v) is 9.94. The summed E-state index contributed by atoms with van der Waals surface area (Å²) < 4.78 is 0. The molecule has 0 fully saturated rings. The van der Waals surface area contributed by atoms with Gasteiger partial charge in [-0.2, -0.15) is 0 Å². The van der Waals surface area contributed by atoms with Crippen molar-refractivity contribution >= 4 is 45.0 Å². The lowest BCUT2D eigenvalue weighted by atomic mass is 10.1. The van der Waals surface area contributed by atoms with E-state index in [9.17, 15) is 14.4 Å². The van der Waals surface area contributed by atoms with E-state index in [0.29, 0.717) is 21.3 Å². The van der Waals surface area contributed by atoms with Crippen LogP contribution < -0.4 is 5.32 Å². The van der Waals surface area contributed by atoms with Crippen LogP contribution in [-0.4, -0.2) is 27.5 Å². The Kier molecular flexibility index (Phi) is 6.16. The summed E-state index contributed by atoms with van der Waals surface area (Å²) in [6.45, 7) is 1.41. The second-order valence-electron chi connectivity index (χ2n) is 5.59. The van der Waals surface area contributed by atoms with Crippen molar-refractivity contribution in [2.75, 3.05) is 11.1 Å². The minimum atomic E-state index is -0.331. The smallest absolute Gasteiger partial charge is 0.236 e. The molecule has 0 saturated carbocycles. The van der Waals surface area contributed by atoms with Gasteiger partial charge in [-0.25, -0.2) is 4.98 Å². The molecule has 5 nitrogen and oxygen atoms in total. The number of ketones is 1. The SMILES string of the molecule is CC(=O)SCC(=O)Nc1nc(-c2ccccc2)c(C(=O)c2ccccc2)s1. The molecule has 3 aromatic rings. The lowest BCUT2D eigenvalue weighted by Crippen LogP contribution is -2.14. The molecule has 0 unspecified atom stereocenters. The topological polar surface area (TPSA) is 76.1 Å². The number of nitrogens with zero attached hydrogens (tertiary/aromatic N) is 1. The van der Waals surface area contributed by atoms with E-state index in [1.54, 1.807) is 24.3 Å². The summed E-state index contributed by atoms with van der Waals surface area (Å²) in [6, 6.07) is 18.3. The number of carbonyl (C=O) groups is 3. The van der Waals surface area contributed by atoms with Crippen molar-refractivity contribution in [3.63, 3.8) is 0 Å². The highest BCUT2D eigenvalue weighted by Crippen LogP contribution is 2.33. The van der Waals surface area contributed by atoms with Crippen molar-refractivity contribution in [1.29, 1.82) is 0 Å². The summed E-state index contributed by atoms with van der Waals surface area (Å²) in [4.78, 5) is 40.9. The van der Waals surface area contributed by atoms with Crippen molar-refractivity contribution in [1.82, 2.24) is 4.98 Å². The summed E-state index contributed by atoms with van der Waals surface area (Å²) in [5, 5.41) is 2.88. The number of amides is 1. The van der Waals surface area contributed by atoms with Crippen molar-refractivity contribution < 1.29 is 14.4 Å². The first kappa shape index (κ1) is 19.0. The molecule has 0 aliphatic carbocycles. The van der Waals surface area contributed by atoms with Gasteiger partial charge in [0.05, 0.1) is 11.4 Å². The van der Waals surface area contributed by atoms with Crippen LogP contribution in [0.25, 0.3) is 11.3 Å². The van der Waals surface area contributed by atoms with Crippen molar-refractivity contribution in [2.45, 2.75) is 6.92 Å². The Bertz CT molecular complexity index is 969. The largest absolute Gasteiger partial charge is 0.301 e. The van der Waals surface area contributed by atoms with Crippen LogP contribution in [0.15, 0.2) is 60.7 Å². The maximum Gasteiger partial charge on any atom is 0.236 e. The van der Waals surface area contributed by atoms with E-state index in [2.05, 4.69) is 10.3 Å². The number of hydrogen-bond acceptors (Lipinski definition) is 6. The number of aromatic nitrogens is 1. The molecule has 2 aromatic carbocycles. The third-order valence-corrected chi connectivity index (χ3v) is 5.35. The fourth-order valence-corrected chi connectivity index (χ4v) is 3.73. The number of hydrogen-bond donors (Lipinski definition) is 1. The van der Waals surface area contributed by atoms with Crippen LogP contribution in [0.5, 0.6) is 0 Å². The van der Waals surface area contributed by atoms with E-state index in [1.165, 1.54) is 6.92 Å². The molecular weight excluding hydrogens is 380 g/mol. The summed E-state index contributed by atoms with van der Waals surface area (Å²) in [7, 11) is 0. The van der Waals surface area contributed by atoms with E-state index >= 15 is 0 Å². The minimum absolute atomic E-state index is 0.0115. The number of rotatable bonds is 6. The van der Waals surface area contributed by atoms with Gasteiger partial charge in [0.15, 0.2) is 10.2 Å². The average molecular weight is 396 g/mol. The Labute approximate surface area is 164 Å². The molecule has 27 heavy (non-hydrogen) atoms. The monoisotopic (exact) mass is 396 g/mol. The van der Waals surface area contributed by atoms with E-state index in [1.807, 2.05) is 36.4 Å². The van der Waals surface area contributed by atoms with Crippen LogP contribution in [0.1, 0.15) is 22.2 Å². The van der Waals surface area contributed by atoms with Crippen molar-refractivity contribution in [2.24, 2.45) is 0 Å². The molecule has 0 aliphatic rings. The van der Waals surface area contributed by atoms with Gasteiger partial charge >= 0.3 is 0 Å². The number of thioether (sulfide) groups is 1. The molecule has 1 aromatic heterocycles. The van der Waals surface area contributed by atoms with Gasteiger partial charge in [0, 0.05) is 18.1 Å². The van der Waals surface area contributed by atoms with Gasteiger partial charge in [-0.3, -0.25) is 14.4 Å². The lowest BCUT2D eigenvalue weighted by Gasteiger charge is -2.02. The van der Waals surface area contributed by atoms with Gasteiger partial charge in [-0.15, -0.1) is 0 Å². The molecule has 3 rings (SSSR count). The summed E-state index contributed by atoms with van der Waals surface area (Å²) in [6.07, 6.45) is 0. The summed E-state index contributed by atoms with van der Waals surface area (Å²) in [5.41, 5.74) is 1.89. The first-order chi connectivity index (χ1) is 13.0. The Morgan fingerprint density at radius 2 is 1.63 bits per heavy atom. The maximum atomic E-state index is 13.0. The average Bonchev–Trinajstić information content (AvgIpc) is 3.11. The molecule has 1 heterocycles. The molecule has 1 amide bonds. The molecule has 0 radical (unpaired) electrons. The van der Waals surface area contributed by atoms with Gasteiger partial charge in [0.25, 0.3) is 0 Å².